The van der Waals surface area contributed by atoms with Crippen LogP contribution in [0.4, 0.5) is 11.4 Å². The van der Waals surface area contributed by atoms with Crippen molar-refractivity contribution < 1.29 is 18.1 Å². The van der Waals surface area contributed by atoms with E-state index in [1.165, 1.54) is 16.4 Å². The molecule has 1 heterocycles. The van der Waals surface area contributed by atoms with Crippen molar-refractivity contribution in [3.63, 3.8) is 0 Å². The molecular formula is C20H21Cl2N3O5S. The molecule has 1 N–H and O–H groups in total. The Balaban J connectivity index is 1.63. The van der Waals surface area contributed by atoms with Crippen molar-refractivity contribution in [1.29, 1.82) is 0 Å². The number of hydrogen-bond acceptors (Lipinski definition) is 5. The molecule has 0 unspecified atom stereocenters. The van der Waals surface area contributed by atoms with E-state index in [1.54, 1.807) is 31.2 Å². The van der Waals surface area contributed by atoms with Crippen LogP contribution in [-0.2, 0) is 20.6 Å². The monoisotopic (exact) mass is 485 g/mol. The lowest BCUT2D eigenvalue weighted by molar-refractivity contribution is -0.385. The zero-order valence-corrected chi connectivity index (χ0v) is 19.0. The van der Waals surface area contributed by atoms with E-state index in [9.17, 15) is 23.3 Å². The molecule has 31 heavy (non-hydrogen) atoms. The van der Waals surface area contributed by atoms with Gasteiger partial charge in [-0.1, -0.05) is 35.3 Å². The predicted octanol–water partition coefficient (Wildman–Crippen LogP) is 4.39. The summed E-state index contributed by atoms with van der Waals surface area (Å²) in [4.78, 5) is 23.2. The maximum absolute atomic E-state index is 12.8. The van der Waals surface area contributed by atoms with Crippen molar-refractivity contribution in [2.24, 2.45) is 5.92 Å². The molecule has 1 amide bonds. The third-order valence-corrected chi connectivity index (χ3v) is 7.88. The lowest BCUT2D eigenvalue weighted by Gasteiger charge is -2.30. The first-order valence-corrected chi connectivity index (χ1v) is 11.9. The number of halogens is 2. The van der Waals surface area contributed by atoms with Crippen LogP contribution in [0.1, 0.15) is 24.0 Å². The zero-order chi connectivity index (χ0) is 22.8. The standard InChI is InChI=1S/C20H21Cl2N3O5S/c1-13-18(6-3-7-19(13)25(27)28)23-20(26)14-8-10-24(11-9-14)31(29,30)12-15-16(21)4-2-5-17(15)22/h2-7,14H,8-12H2,1H3,(H,23,26). The minimum Gasteiger partial charge on any atom is -0.325 e. The quantitative estimate of drug-likeness (QED) is 0.481. The lowest BCUT2D eigenvalue weighted by Crippen LogP contribution is -2.42. The Hall–Kier alpha value is -2.20. The average Bonchev–Trinajstić information content (AvgIpc) is 2.72. The van der Waals surface area contributed by atoms with Crippen LogP contribution in [0, 0.1) is 23.0 Å². The number of hydrogen-bond donors (Lipinski definition) is 1. The second-order valence-electron chi connectivity index (χ2n) is 7.33. The highest BCUT2D eigenvalue weighted by Crippen LogP contribution is 2.30. The second-order valence-corrected chi connectivity index (χ2v) is 10.1. The fraction of sp³-hybridized carbons (Fsp3) is 0.350. The third kappa shape index (κ3) is 5.35. The number of anilines is 1. The Labute approximate surface area is 190 Å². The normalized spacial score (nSPS) is 15.6. The molecule has 2 aromatic carbocycles. The van der Waals surface area contributed by atoms with Gasteiger partial charge in [0.05, 0.1) is 21.9 Å². The van der Waals surface area contributed by atoms with Crippen LogP contribution in [0.3, 0.4) is 0 Å². The molecule has 11 heteroatoms. The van der Waals surface area contributed by atoms with Crippen molar-refractivity contribution in [1.82, 2.24) is 4.31 Å². The summed E-state index contributed by atoms with van der Waals surface area (Å²) < 4.78 is 27.0. The number of nitro benzene ring substituents is 1. The van der Waals surface area contributed by atoms with E-state index in [1.807, 2.05) is 0 Å². The van der Waals surface area contributed by atoms with Gasteiger partial charge in [0.1, 0.15) is 0 Å². The molecule has 0 bridgehead atoms. The molecule has 3 rings (SSSR count). The molecule has 0 atom stereocenters. The van der Waals surface area contributed by atoms with E-state index in [-0.39, 0.29) is 40.5 Å². The molecule has 0 radical (unpaired) electrons. The number of benzene rings is 2. The average molecular weight is 486 g/mol. The molecule has 166 valence electrons. The van der Waals surface area contributed by atoms with E-state index < -0.39 is 20.9 Å². The minimum absolute atomic E-state index is 0.0723. The molecule has 0 aliphatic carbocycles. The number of piperidine rings is 1. The highest BCUT2D eigenvalue weighted by molar-refractivity contribution is 7.88. The van der Waals surface area contributed by atoms with Gasteiger partial charge in [0.2, 0.25) is 15.9 Å². The van der Waals surface area contributed by atoms with Crippen LogP contribution in [-0.4, -0.2) is 36.6 Å². The summed E-state index contributed by atoms with van der Waals surface area (Å²) in [6, 6.07) is 9.31. The van der Waals surface area contributed by atoms with Gasteiger partial charge in [0.25, 0.3) is 5.69 Å². The van der Waals surface area contributed by atoms with E-state index in [0.29, 0.717) is 29.7 Å². The summed E-state index contributed by atoms with van der Waals surface area (Å²) in [6.45, 7) is 1.95. The van der Waals surface area contributed by atoms with Crippen LogP contribution < -0.4 is 5.32 Å². The Morgan fingerprint density at radius 3 is 2.32 bits per heavy atom. The highest BCUT2D eigenvalue weighted by atomic mass is 35.5. The molecule has 1 saturated heterocycles. The van der Waals surface area contributed by atoms with Crippen molar-refractivity contribution >= 4 is 50.5 Å². The molecule has 1 aliphatic rings. The molecule has 0 saturated carbocycles. The fourth-order valence-corrected chi connectivity index (χ4v) is 5.85. The minimum atomic E-state index is -3.65. The highest BCUT2D eigenvalue weighted by Gasteiger charge is 2.32. The summed E-state index contributed by atoms with van der Waals surface area (Å²) in [6.07, 6.45) is 0.685. The smallest absolute Gasteiger partial charge is 0.274 e. The Morgan fingerprint density at radius 2 is 1.74 bits per heavy atom. The molecule has 1 fully saturated rings. The van der Waals surface area contributed by atoms with Crippen molar-refractivity contribution in [2.75, 3.05) is 18.4 Å². The van der Waals surface area contributed by atoms with E-state index in [2.05, 4.69) is 5.32 Å². The van der Waals surface area contributed by atoms with Gasteiger partial charge < -0.3 is 5.32 Å². The Morgan fingerprint density at radius 1 is 1.16 bits per heavy atom. The first kappa shape index (κ1) is 23.5. The van der Waals surface area contributed by atoms with Gasteiger partial charge >= 0.3 is 0 Å². The molecule has 0 aromatic heterocycles. The van der Waals surface area contributed by atoms with E-state index in [4.69, 9.17) is 23.2 Å². The van der Waals surface area contributed by atoms with Gasteiger partial charge in [-0.25, -0.2) is 12.7 Å². The predicted molar refractivity (Wildman–Crippen MR) is 120 cm³/mol. The summed E-state index contributed by atoms with van der Waals surface area (Å²) >= 11 is 12.2. The van der Waals surface area contributed by atoms with Gasteiger partial charge in [-0.2, -0.15) is 0 Å². The van der Waals surface area contributed by atoms with Crippen molar-refractivity contribution in [3.8, 4) is 0 Å². The Kier molecular flexibility index (Phi) is 7.20. The van der Waals surface area contributed by atoms with Crippen molar-refractivity contribution in [3.05, 3.63) is 67.7 Å². The van der Waals surface area contributed by atoms with Crippen LogP contribution in [0.2, 0.25) is 10.0 Å². The van der Waals surface area contributed by atoms with Gasteiger partial charge in [-0.15, -0.1) is 0 Å². The molecule has 0 spiro atoms. The topological polar surface area (TPSA) is 110 Å². The van der Waals surface area contributed by atoms with Gasteiger partial charge in [-0.3, -0.25) is 14.9 Å². The van der Waals surface area contributed by atoms with Gasteiger partial charge in [0.15, 0.2) is 0 Å². The summed E-state index contributed by atoms with van der Waals surface area (Å²) in [7, 11) is -3.65. The first-order chi connectivity index (χ1) is 14.6. The van der Waals surface area contributed by atoms with Crippen LogP contribution in [0.25, 0.3) is 0 Å². The van der Waals surface area contributed by atoms with E-state index >= 15 is 0 Å². The van der Waals surface area contributed by atoms with E-state index in [0.717, 1.165) is 0 Å². The molecule has 2 aromatic rings. The fourth-order valence-electron chi connectivity index (χ4n) is 3.53. The number of sulfonamides is 1. The number of nitro groups is 1. The van der Waals surface area contributed by atoms with Crippen molar-refractivity contribution in [2.45, 2.75) is 25.5 Å². The molecular weight excluding hydrogens is 465 g/mol. The number of amides is 1. The number of nitrogens with one attached hydrogen (secondary N) is 1. The van der Waals surface area contributed by atoms with Gasteiger partial charge in [-0.05, 0) is 38.0 Å². The summed E-state index contributed by atoms with van der Waals surface area (Å²) in [5.74, 6) is -0.987. The molecule has 8 nitrogen and oxygen atoms in total. The van der Waals surface area contributed by atoms with Crippen LogP contribution >= 0.6 is 23.2 Å². The number of rotatable bonds is 6. The summed E-state index contributed by atoms with van der Waals surface area (Å²) in [5.41, 5.74) is 1.03. The SMILES string of the molecule is Cc1c(NC(=O)C2CCN(S(=O)(=O)Cc3c(Cl)cccc3Cl)CC2)cccc1[N+](=O)[O-]. The molecule has 1 aliphatic heterocycles. The van der Waals surface area contributed by atoms with Gasteiger partial charge in [0, 0.05) is 40.7 Å². The lowest BCUT2D eigenvalue weighted by atomic mass is 9.97. The number of nitrogens with zero attached hydrogens (tertiary/aromatic N) is 2. The summed E-state index contributed by atoms with van der Waals surface area (Å²) in [5, 5.41) is 14.4. The first-order valence-electron chi connectivity index (χ1n) is 9.55. The van der Waals surface area contributed by atoms with Crippen LogP contribution in [0.15, 0.2) is 36.4 Å². The third-order valence-electron chi connectivity index (χ3n) is 5.37. The largest absolute Gasteiger partial charge is 0.325 e. The Bertz CT molecular complexity index is 1100. The van der Waals surface area contributed by atoms with Crippen LogP contribution in [0.5, 0.6) is 0 Å². The number of carbonyl (C=O) groups is 1. The second kappa shape index (κ2) is 9.52. The number of carbonyl (C=O) groups excluding carboxylic acids is 1. The maximum atomic E-state index is 12.8. The maximum Gasteiger partial charge on any atom is 0.274 e. The zero-order valence-electron chi connectivity index (χ0n) is 16.7.